The third kappa shape index (κ3) is 2.29. The second-order valence-electron chi connectivity index (χ2n) is 6.11. The summed E-state index contributed by atoms with van der Waals surface area (Å²) in [6, 6.07) is 6.03. The third-order valence-corrected chi connectivity index (χ3v) is 5.39. The molecule has 0 saturated carbocycles. The van der Waals surface area contributed by atoms with Gasteiger partial charge >= 0.3 is 0 Å². The fourth-order valence-corrected chi connectivity index (χ4v) is 4.15. The highest BCUT2D eigenvalue weighted by Crippen LogP contribution is 2.40. The van der Waals surface area contributed by atoms with Crippen molar-refractivity contribution < 1.29 is 4.42 Å². The maximum Gasteiger partial charge on any atom is 0.177 e. The van der Waals surface area contributed by atoms with Crippen molar-refractivity contribution in [1.82, 2.24) is 19.7 Å². The number of hydrogen-bond acceptors (Lipinski definition) is 7. The smallest absolute Gasteiger partial charge is 0.177 e. The number of aryl methyl sites for hydroxylation is 1. The molecule has 0 spiro atoms. The van der Waals surface area contributed by atoms with Gasteiger partial charge in [-0.15, -0.1) is 11.3 Å². The number of hydrogen-bond donors (Lipinski definition) is 1. The number of nitrogens with two attached hydrogens (primary N) is 1. The van der Waals surface area contributed by atoms with Gasteiger partial charge in [0, 0.05) is 64.7 Å². The summed E-state index contributed by atoms with van der Waals surface area (Å²) in [6.45, 7) is 0. The van der Waals surface area contributed by atoms with E-state index in [1.54, 1.807) is 41.7 Å². The SMILES string of the molecule is Cn1cc(-c2cnc(N)c3oc(-c4csc5cnccc45)cc23)c(C#N)n1. The van der Waals surface area contributed by atoms with Crippen LogP contribution in [0.4, 0.5) is 5.82 Å². The van der Waals surface area contributed by atoms with Crippen molar-refractivity contribution in [3.05, 3.63) is 48.0 Å². The lowest BCUT2D eigenvalue weighted by Gasteiger charge is -2.01. The Morgan fingerprint density at radius 1 is 1.22 bits per heavy atom. The lowest BCUT2D eigenvalue weighted by Crippen LogP contribution is -1.91. The van der Waals surface area contributed by atoms with Crippen molar-refractivity contribution in [2.24, 2.45) is 7.05 Å². The van der Waals surface area contributed by atoms with Crippen LogP contribution in [0, 0.1) is 11.3 Å². The standard InChI is InChI=1S/C19H12N6OS/c1-25-8-13(15(5-20)24-25)12-6-23-19(21)18-11(12)4-16(26-18)14-9-27-17-7-22-3-2-10(14)17/h2-4,6-9H,1H3,(H2,21,23). The molecule has 0 unspecified atom stereocenters. The van der Waals surface area contributed by atoms with Crippen molar-refractivity contribution in [3.63, 3.8) is 0 Å². The van der Waals surface area contributed by atoms with E-state index >= 15 is 0 Å². The van der Waals surface area contributed by atoms with Crippen molar-refractivity contribution in [1.29, 1.82) is 5.26 Å². The van der Waals surface area contributed by atoms with E-state index in [-0.39, 0.29) is 0 Å². The minimum absolute atomic E-state index is 0.309. The molecule has 0 fully saturated rings. The predicted octanol–water partition coefficient (Wildman–Crippen LogP) is 3.96. The zero-order chi connectivity index (χ0) is 18.5. The van der Waals surface area contributed by atoms with Gasteiger partial charge in [-0.25, -0.2) is 4.98 Å². The minimum Gasteiger partial charge on any atom is -0.452 e. The van der Waals surface area contributed by atoms with Crippen LogP contribution >= 0.6 is 11.3 Å². The molecule has 0 radical (unpaired) electrons. The minimum atomic E-state index is 0.309. The highest BCUT2D eigenvalue weighted by molar-refractivity contribution is 7.17. The van der Waals surface area contributed by atoms with Gasteiger partial charge in [0.15, 0.2) is 17.1 Å². The van der Waals surface area contributed by atoms with Crippen molar-refractivity contribution in [2.45, 2.75) is 0 Å². The molecule has 0 aliphatic rings. The van der Waals surface area contributed by atoms with Crippen LogP contribution in [0.15, 0.2) is 46.7 Å². The first kappa shape index (κ1) is 15.5. The van der Waals surface area contributed by atoms with E-state index in [9.17, 15) is 5.26 Å². The molecule has 0 bridgehead atoms. The lowest BCUT2D eigenvalue weighted by molar-refractivity contribution is 0.632. The molecule has 0 amide bonds. The predicted molar refractivity (Wildman–Crippen MR) is 104 cm³/mol. The maximum atomic E-state index is 9.39. The number of thiophene rings is 1. The molecule has 0 aliphatic carbocycles. The molecule has 0 aromatic carbocycles. The van der Waals surface area contributed by atoms with E-state index in [1.807, 2.05) is 23.7 Å². The Balaban J connectivity index is 1.79. The number of nitrogens with zero attached hydrogens (tertiary/aromatic N) is 5. The van der Waals surface area contributed by atoms with E-state index in [1.165, 1.54) is 0 Å². The summed E-state index contributed by atoms with van der Waals surface area (Å²) >= 11 is 1.61. The highest BCUT2D eigenvalue weighted by atomic mass is 32.1. The fraction of sp³-hybridized carbons (Fsp3) is 0.0526. The molecule has 5 heterocycles. The van der Waals surface area contributed by atoms with E-state index in [2.05, 4.69) is 21.1 Å². The van der Waals surface area contributed by atoms with Gasteiger partial charge in [0.2, 0.25) is 0 Å². The van der Waals surface area contributed by atoms with Crippen LogP contribution in [0.1, 0.15) is 5.69 Å². The van der Waals surface area contributed by atoms with Gasteiger partial charge in [0.1, 0.15) is 11.8 Å². The van der Waals surface area contributed by atoms with Crippen LogP contribution in [0.25, 0.3) is 43.5 Å². The molecule has 0 atom stereocenters. The number of aromatic nitrogens is 4. The topological polar surface area (TPSA) is 107 Å². The summed E-state index contributed by atoms with van der Waals surface area (Å²) < 4.78 is 8.77. The highest BCUT2D eigenvalue weighted by Gasteiger charge is 2.19. The van der Waals surface area contributed by atoms with Gasteiger partial charge in [0.05, 0.1) is 4.70 Å². The Morgan fingerprint density at radius 3 is 2.96 bits per heavy atom. The Hall–Kier alpha value is -3.70. The number of nitriles is 1. The largest absolute Gasteiger partial charge is 0.452 e. The lowest BCUT2D eigenvalue weighted by atomic mass is 10.0. The summed E-state index contributed by atoms with van der Waals surface area (Å²) in [5.74, 6) is 1.01. The van der Waals surface area contributed by atoms with E-state index in [0.29, 0.717) is 28.4 Å². The second-order valence-corrected chi connectivity index (χ2v) is 7.02. The van der Waals surface area contributed by atoms with Gasteiger partial charge in [0.25, 0.3) is 0 Å². The first-order valence-electron chi connectivity index (χ1n) is 8.09. The van der Waals surface area contributed by atoms with Gasteiger partial charge < -0.3 is 10.2 Å². The average molecular weight is 372 g/mol. The molecule has 5 aromatic rings. The summed E-state index contributed by atoms with van der Waals surface area (Å²) in [5.41, 5.74) is 9.34. The molecule has 27 heavy (non-hydrogen) atoms. The normalized spacial score (nSPS) is 11.3. The van der Waals surface area contributed by atoms with Gasteiger partial charge in [-0.3, -0.25) is 9.67 Å². The molecule has 5 rings (SSSR count). The van der Waals surface area contributed by atoms with Crippen LogP contribution in [-0.2, 0) is 7.05 Å². The first-order chi connectivity index (χ1) is 13.2. The monoisotopic (exact) mass is 372 g/mol. The van der Waals surface area contributed by atoms with Crippen molar-refractivity contribution in [2.75, 3.05) is 5.73 Å². The molecule has 0 saturated heterocycles. The molecule has 5 aromatic heterocycles. The summed E-state index contributed by atoms with van der Waals surface area (Å²) in [7, 11) is 1.78. The number of rotatable bonds is 2. The Bertz CT molecular complexity index is 1370. The third-order valence-electron chi connectivity index (χ3n) is 4.46. The van der Waals surface area contributed by atoms with Gasteiger partial charge in [-0.1, -0.05) is 0 Å². The van der Waals surface area contributed by atoms with Crippen LogP contribution < -0.4 is 5.73 Å². The molecule has 0 aliphatic heterocycles. The summed E-state index contributed by atoms with van der Waals surface area (Å²) in [5, 5.41) is 17.5. The number of anilines is 1. The zero-order valence-corrected chi connectivity index (χ0v) is 15.0. The van der Waals surface area contributed by atoms with Crippen LogP contribution in [0.5, 0.6) is 0 Å². The van der Waals surface area contributed by atoms with E-state index in [0.717, 1.165) is 26.6 Å². The molecule has 130 valence electrons. The molecule has 8 heteroatoms. The first-order valence-corrected chi connectivity index (χ1v) is 8.97. The van der Waals surface area contributed by atoms with Crippen LogP contribution in [-0.4, -0.2) is 19.7 Å². The van der Waals surface area contributed by atoms with E-state index < -0.39 is 0 Å². The van der Waals surface area contributed by atoms with Gasteiger partial charge in [-0.05, 0) is 12.1 Å². The molecular formula is C19H12N6OS. The quantitative estimate of drug-likeness (QED) is 0.503. The van der Waals surface area contributed by atoms with Crippen LogP contribution in [0.3, 0.4) is 0 Å². The number of pyridine rings is 2. The van der Waals surface area contributed by atoms with Crippen LogP contribution in [0.2, 0.25) is 0 Å². The Kier molecular flexibility index (Phi) is 3.26. The Labute approximate surface area is 157 Å². The van der Waals surface area contributed by atoms with E-state index in [4.69, 9.17) is 10.2 Å². The Morgan fingerprint density at radius 2 is 2.11 bits per heavy atom. The second kappa shape index (κ2) is 5.65. The number of nitrogen functional groups attached to an aromatic ring is 1. The average Bonchev–Trinajstić information content (AvgIpc) is 3.38. The molecular weight excluding hydrogens is 360 g/mol. The summed E-state index contributed by atoms with van der Waals surface area (Å²) in [6.07, 6.45) is 7.05. The molecule has 7 nitrogen and oxygen atoms in total. The zero-order valence-electron chi connectivity index (χ0n) is 14.2. The number of fused-ring (bicyclic) bond motifs is 2. The fourth-order valence-electron chi connectivity index (χ4n) is 3.23. The maximum absolute atomic E-state index is 9.39. The van der Waals surface area contributed by atoms with Crippen molar-refractivity contribution >= 4 is 38.2 Å². The van der Waals surface area contributed by atoms with Crippen molar-refractivity contribution in [3.8, 4) is 28.5 Å². The summed E-state index contributed by atoms with van der Waals surface area (Å²) in [4.78, 5) is 8.42. The van der Waals surface area contributed by atoms with Gasteiger partial charge in [-0.2, -0.15) is 10.4 Å². The molecule has 2 N–H and O–H groups in total. The number of furan rings is 1.